The summed E-state index contributed by atoms with van der Waals surface area (Å²) in [5.74, 6) is -2.34. The number of thioether (sulfide) groups is 1. The number of hydrogen-bond acceptors (Lipinski definition) is 6. The monoisotopic (exact) mass is 524 g/mol. The number of rotatable bonds is 4. The van der Waals surface area contributed by atoms with Crippen molar-refractivity contribution in [3.05, 3.63) is 60.2 Å². The molecule has 0 aromatic heterocycles. The fourth-order valence-electron chi connectivity index (χ4n) is 6.58. The van der Waals surface area contributed by atoms with E-state index in [-0.39, 0.29) is 30.4 Å². The SMILES string of the molecule is CC(C)N1CC=C[C@]23S[C@@]4(C)/C=C\CCCCOC(=O)[C@H]4[C@H]2C(=O)N([C@H](CO)c2ccccc2)C3C1=O. The summed E-state index contributed by atoms with van der Waals surface area (Å²) in [6, 6.07) is 7.70. The molecule has 4 heterocycles. The Bertz CT molecular complexity index is 1120. The van der Waals surface area contributed by atoms with E-state index >= 15 is 0 Å². The highest BCUT2D eigenvalue weighted by molar-refractivity contribution is 8.02. The van der Waals surface area contributed by atoms with E-state index in [4.69, 9.17) is 4.74 Å². The van der Waals surface area contributed by atoms with Gasteiger partial charge < -0.3 is 19.6 Å². The molecular weight excluding hydrogens is 488 g/mol. The largest absolute Gasteiger partial charge is 0.465 e. The van der Waals surface area contributed by atoms with Crippen molar-refractivity contribution in [1.29, 1.82) is 0 Å². The van der Waals surface area contributed by atoms with Gasteiger partial charge in [0.25, 0.3) is 0 Å². The van der Waals surface area contributed by atoms with Crippen LogP contribution in [0.1, 0.15) is 51.6 Å². The molecule has 37 heavy (non-hydrogen) atoms. The minimum absolute atomic E-state index is 0.0693. The molecule has 0 aliphatic carbocycles. The van der Waals surface area contributed by atoms with Gasteiger partial charge in [0.05, 0.1) is 35.8 Å². The average Bonchev–Trinajstić information content (AvgIpc) is 3.20. The summed E-state index contributed by atoms with van der Waals surface area (Å²) >= 11 is 1.54. The molecule has 5 rings (SSSR count). The van der Waals surface area contributed by atoms with Gasteiger partial charge in [-0.1, -0.05) is 54.6 Å². The van der Waals surface area contributed by atoms with Crippen LogP contribution < -0.4 is 0 Å². The summed E-state index contributed by atoms with van der Waals surface area (Å²) in [6.07, 6.45) is 10.7. The van der Waals surface area contributed by atoms with Crippen molar-refractivity contribution in [1.82, 2.24) is 9.80 Å². The highest BCUT2D eigenvalue weighted by Crippen LogP contribution is 2.66. The van der Waals surface area contributed by atoms with Crippen LogP contribution in [0.3, 0.4) is 0 Å². The number of aliphatic hydroxyl groups excluding tert-OH is 1. The molecule has 6 atom stereocenters. The average molecular weight is 525 g/mol. The second-order valence-corrected chi connectivity index (χ2v) is 12.7. The second kappa shape index (κ2) is 9.95. The first-order valence-corrected chi connectivity index (χ1v) is 14.1. The van der Waals surface area contributed by atoms with Crippen molar-refractivity contribution < 1.29 is 24.2 Å². The van der Waals surface area contributed by atoms with Crippen molar-refractivity contribution in [2.24, 2.45) is 11.8 Å². The van der Waals surface area contributed by atoms with Crippen LogP contribution in [-0.2, 0) is 19.1 Å². The molecule has 4 aliphatic heterocycles. The molecule has 7 nitrogen and oxygen atoms in total. The van der Waals surface area contributed by atoms with E-state index in [1.54, 1.807) is 9.80 Å². The van der Waals surface area contributed by atoms with Crippen LogP contribution in [0, 0.1) is 11.8 Å². The van der Waals surface area contributed by atoms with Gasteiger partial charge in [0.1, 0.15) is 6.04 Å². The van der Waals surface area contributed by atoms with Gasteiger partial charge in [0.2, 0.25) is 11.8 Å². The molecule has 1 unspecified atom stereocenters. The Labute approximate surface area is 222 Å². The number of carbonyl (C=O) groups is 3. The van der Waals surface area contributed by atoms with Crippen LogP contribution in [-0.4, -0.2) is 74.0 Å². The number of carbonyl (C=O) groups excluding carboxylic acids is 3. The molecular formula is C29H36N2O5S. The van der Waals surface area contributed by atoms with Crippen molar-refractivity contribution in [2.45, 2.75) is 67.7 Å². The number of esters is 1. The third-order valence-electron chi connectivity index (χ3n) is 8.29. The number of hydrogen-bond donors (Lipinski definition) is 1. The van der Waals surface area contributed by atoms with E-state index in [9.17, 15) is 19.5 Å². The molecule has 2 fully saturated rings. The van der Waals surface area contributed by atoms with Crippen LogP contribution in [0.5, 0.6) is 0 Å². The predicted molar refractivity (Wildman–Crippen MR) is 143 cm³/mol. The Kier molecular flexibility index (Phi) is 7.00. The van der Waals surface area contributed by atoms with Gasteiger partial charge >= 0.3 is 5.97 Å². The molecule has 0 radical (unpaired) electrons. The van der Waals surface area contributed by atoms with Crippen molar-refractivity contribution in [3.63, 3.8) is 0 Å². The van der Waals surface area contributed by atoms with E-state index in [1.165, 1.54) is 11.8 Å². The van der Waals surface area contributed by atoms with Gasteiger partial charge in [-0.05, 0) is 45.6 Å². The number of allylic oxidation sites excluding steroid dienone is 1. The molecule has 0 bridgehead atoms. The number of benzene rings is 1. The van der Waals surface area contributed by atoms with Gasteiger partial charge in [0, 0.05) is 17.3 Å². The summed E-state index contributed by atoms with van der Waals surface area (Å²) in [5, 5.41) is 10.6. The molecule has 1 N–H and O–H groups in total. The molecule has 2 saturated heterocycles. The molecule has 2 amide bonds. The maximum atomic E-state index is 14.5. The summed E-state index contributed by atoms with van der Waals surface area (Å²) in [5.41, 5.74) is 0.756. The summed E-state index contributed by atoms with van der Waals surface area (Å²) in [6.45, 7) is 6.35. The van der Waals surface area contributed by atoms with Crippen LogP contribution >= 0.6 is 11.8 Å². The van der Waals surface area contributed by atoms with Gasteiger partial charge in [-0.3, -0.25) is 14.4 Å². The predicted octanol–water partition coefficient (Wildman–Crippen LogP) is 3.50. The lowest BCUT2D eigenvalue weighted by molar-refractivity contribution is -0.155. The third-order valence-corrected chi connectivity index (χ3v) is 10.1. The van der Waals surface area contributed by atoms with Gasteiger partial charge in [-0.25, -0.2) is 0 Å². The quantitative estimate of drug-likeness (QED) is 0.479. The minimum Gasteiger partial charge on any atom is -0.465 e. The zero-order chi connectivity index (χ0) is 26.4. The maximum Gasteiger partial charge on any atom is 0.311 e. The normalized spacial score (nSPS) is 35.5. The van der Waals surface area contributed by atoms with Crippen LogP contribution in [0.25, 0.3) is 0 Å². The van der Waals surface area contributed by atoms with Crippen LogP contribution in [0.15, 0.2) is 54.6 Å². The zero-order valence-electron chi connectivity index (χ0n) is 21.7. The van der Waals surface area contributed by atoms with Crippen molar-refractivity contribution >= 4 is 29.5 Å². The zero-order valence-corrected chi connectivity index (χ0v) is 22.5. The fraction of sp³-hybridized carbons (Fsp3) is 0.552. The Morgan fingerprint density at radius 2 is 1.81 bits per heavy atom. The van der Waals surface area contributed by atoms with E-state index in [2.05, 4.69) is 12.2 Å². The van der Waals surface area contributed by atoms with Gasteiger partial charge in [-0.15, -0.1) is 11.8 Å². The highest BCUT2D eigenvalue weighted by atomic mass is 32.2. The number of aliphatic hydroxyl groups is 1. The van der Waals surface area contributed by atoms with Crippen LogP contribution in [0.2, 0.25) is 0 Å². The number of ether oxygens (including phenoxy) is 1. The first-order chi connectivity index (χ1) is 17.7. The molecule has 1 aromatic carbocycles. The Morgan fingerprint density at radius 1 is 1.05 bits per heavy atom. The smallest absolute Gasteiger partial charge is 0.311 e. The van der Waals surface area contributed by atoms with Gasteiger partial charge in [0.15, 0.2) is 0 Å². The number of amides is 2. The number of cyclic esters (lactones) is 1. The van der Waals surface area contributed by atoms with Crippen molar-refractivity contribution in [3.8, 4) is 0 Å². The van der Waals surface area contributed by atoms with Crippen LogP contribution in [0.4, 0.5) is 0 Å². The number of likely N-dealkylation sites (tertiary alicyclic amines) is 1. The second-order valence-electron chi connectivity index (χ2n) is 10.9. The van der Waals surface area contributed by atoms with Gasteiger partial charge in [-0.2, -0.15) is 0 Å². The van der Waals surface area contributed by atoms with E-state index in [0.717, 1.165) is 24.8 Å². The lowest BCUT2D eigenvalue weighted by atomic mass is 9.74. The van der Waals surface area contributed by atoms with E-state index in [1.807, 2.05) is 63.3 Å². The van der Waals surface area contributed by atoms with E-state index < -0.39 is 33.4 Å². The molecule has 1 spiro atoms. The standard InChI is InChI=1S/C29H36N2O5S/c1-19(2)30-16-11-15-29-22(23-27(35)36-17-10-5-4-9-14-28(23,3)37-29)25(33)31(24(29)26(30)34)21(18-32)20-12-7-6-8-13-20/h6-9,11-15,19,21-24,32H,4-5,10,16-18H2,1-3H3/b14-9-/t21-,22+,23-,24?,28+,29+/m1/s1. The molecule has 8 heteroatoms. The maximum absolute atomic E-state index is 14.5. The Balaban J connectivity index is 1.70. The first-order valence-electron chi connectivity index (χ1n) is 13.3. The fourth-order valence-corrected chi connectivity index (χ4v) is 8.72. The molecule has 1 aromatic rings. The summed E-state index contributed by atoms with van der Waals surface area (Å²) in [4.78, 5) is 45.8. The number of fused-ring (bicyclic) bond motifs is 2. The lowest BCUT2D eigenvalue weighted by Crippen LogP contribution is -2.55. The Morgan fingerprint density at radius 3 is 2.51 bits per heavy atom. The summed E-state index contributed by atoms with van der Waals surface area (Å²) in [7, 11) is 0. The molecule has 198 valence electrons. The minimum atomic E-state index is -0.961. The molecule has 4 aliphatic rings. The summed E-state index contributed by atoms with van der Waals surface area (Å²) < 4.78 is 4.06. The number of nitrogens with zero attached hydrogens (tertiary/aromatic N) is 2. The third kappa shape index (κ3) is 4.13. The topological polar surface area (TPSA) is 87.2 Å². The molecule has 0 saturated carbocycles. The Hall–Kier alpha value is -2.58. The highest BCUT2D eigenvalue weighted by Gasteiger charge is 2.74. The lowest BCUT2D eigenvalue weighted by Gasteiger charge is -2.40. The first kappa shape index (κ1) is 26.0. The van der Waals surface area contributed by atoms with Crippen molar-refractivity contribution in [2.75, 3.05) is 19.8 Å². The van der Waals surface area contributed by atoms with E-state index in [0.29, 0.717) is 13.2 Å².